The molecule has 1 amide bonds. The number of nitrogens with zero attached hydrogens (tertiary/aromatic N) is 1. The van der Waals surface area contributed by atoms with E-state index in [9.17, 15) is 17.6 Å². The van der Waals surface area contributed by atoms with Crippen LogP contribution in [0.1, 0.15) is 37.0 Å². The predicted molar refractivity (Wildman–Crippen MR) is 105 cm³/mol. The fourth-order valence-corrected chi connectivity index (χ4v) is 4.14. The monoisotopic (exact) mass is 412 g/mol. The van der Waals surface area contributed by atoms with Crippen molar-refractivity contribution >= 4 is 33.2 Å². The number of sulfonamides is 1. The summed E-state index contributed by atoms with van der Waals surface area (Å²) in [5, 5.41) is 3.04. The maximum absolute atomic E-state index is 14.2. The van der Waals surface area contributed by atoms with Crippen molar-refractivity contribution < 1.29 is 17.6 Å². The second-order valence-electron chi connectivity index (χ2n) is 5.95. The maximum atomic E-state index is 14.2. The van der Waals surface area contributed by atoms with Gasteiger partial charge in [0.25, 0.3) is 5.91 Å². The molecule has 0 saturated carbocycles. The van der Waals surface area contributed by atoms with E-state index in [4.69, 9.17) is 11.6 Å². The van der Waals surface area contributed by atoms with Crippen LogP contribution in [0.2, 0.25) is 5.02 Å². The highest BCUT2D eigenvalue weighted by molar-refractivity contribution is 7.89. The van der Waals surface area contributed by atoms with Gasteiger partial charge in [0.05, 0.1) is 10.5 Å². The van der Waals surface area contributed by atoms with Crippen molar-refractivity contribution in [2.24, 2.45) is 0 Å². The van der Waals surface area contributed by atoms with Crippen molar-refractivity contribution in [2.75, 3.05) is 18.4 Å². The molecule has 0 saturated heterocycles. The lowest BCUT2D eigenvalue weighted by atomic mass is 10.2. The summed E-state index contributed by atoms with van der Waals surface area (Å²) < 4.78 is 41.1. The Morgan fingerprint density at radius 2 is 1.81 bits per heavy atom. The van der Waals surface area contributed by atoms with Gasteiger partial charge in [-0.25, -0.2) is 12.8 Å². The first kappa shape index (κ1) is 21.3. The average molecular weight is 413 g/mol. The molecule has 2 rings (SSSR count). The third kappa shape index (κ3) is 5.28. The summed E-state index contributed by atoms with van der Waals surface area (Å²) >= 11 is 5.80. The molecule has 0 fully saturated rings. The summed E-state index contributed by atoms with van der Waals surface area (Å²) in [7, 11) is -3.81. The third-order valence-corrected chi connectivity index (χ3v) is 6.26. The lowest BCUT2D eigenvalue weighted by Crippen LogP contribution is -2.32. The average Bonchev–Trinajstić information content (AvgIpc) is 2.64. The van der Waals surface area contributed by atoms with Crippen LogP contribution in [0.5, 0.6) is 0 Å². The number of rotatable bonds is 8. The van der Waals surface area contributed by atoms with E-state index in [0.29, 0.717) is 23.8 Å². The summed E-state index contributed by atoms with van der Waals surface area (Å²) in [6, 6.07) is 9.56. The number of benzene rings is 2. The molecule has 0 atom stereocenters. The van der Waals surface area contributed by atoms with Gasteiger partial charge in [-0.3, -0.25) is 4.79 Å². The summed E-state index contributed by atoms with van der Waals surface area (Å²) in [6.07, 6.45) is 1.57. The minimum absolute atomic E-state index is 0.108. The van der Waals surface area contributed by atoms with E-state index in [1.807, 2.05) is 6.92 Å². The van der Waals surface area contributed by atoms with E-state index in [1.165, 1.54) is 10.4 Å². The quantitative estimate of drug-likeness (QED) is 0.692. The number of unbranched alkanes of at least 4 members (excludes halogenated alkanes) is 1. The van der Waals surface area contributed by atoms with Crippen LogP contribution < -0.4 is 5.32 Å². The molecular weight excluding hydrogens is 391 g/mol. The Hall–Kier alpha value is -1.96. The van der Waals surface area contributed by atoms with Crippen molar-refractivity contribution in [1.29, 1.82) is 0 Å². The van der Waals surface area contributed by atoms with Crippen LogP contribution in [-0.4, -0.2) is 31.7 Å². The molecule has 2 aromatic rings. The molecule has 8 heteroatoms. The Morgan fingerprint density at radius 3 is 2.41 bits per heavy atom. The second kappa shape index (κ2) is 9.30. The number of carbonyl (C=O) groups excluding carboxylic acids is 1. The lowest BCUT2D eigenvalue weighted by Gasteiger charge is -2.20. The molecule has 0 aliphatic carbocycles. The summed E-state index contributed by atoms with van der Waals surface area (Å²) in [4.78, 5) is 12.3. The third-order valence-electron chi connectivity index (χ3n) is 4.04. The summed E-state index contributed by atoms with van der Waals surface area (Å²) in [5.41, 5.74) is 0.0905. The zero-order chi connectivity index (χ0) is 20.0. The van der Waals surface area contributed by atoms with Crippen LogP contribution >= 0.6 is 11.6 Å². The molecule has 0 radical (unpaired) electrons. The lowest BCUT2D eigenvalue weighted by molar-refractivity contribution is 0.102. The first-order valence-electron chi connectivity index (χ1n) is 8.66. The molecule has 27 heavy (non-hydrogen) atoms. The second-order valence-corrected chi connectivity index (χ2v) is 8.33. The van der Waals surface area contributed by atoms with Gasteiger partial charge < -0.3 is 5.32 Å². The minimum Gasteiger partial charge on any atom is -0.322 e. The van der Waals surface area contributed by atoms with Gasteiger partial charge in [-0.2, -0.15) is 4.31 Å². The molecular formula is C19H22ClFN2O3S. The zero-order valence-electron chi connectivity index (χ0n) is 15.2. The maximum Gasteiger partial charge on any atom is 0.258 e. The van der Waals surface area contributed by atoms with Gasteiger partial charge in [-0.05, 0) is 48.9 Å². The number of nitrogens with one attached hydrogen (secondary N) is 1. The normalized spacial score (nSPS) is 11.6. The molecule has 5 nitrogen and oxygen atoms in total. The van der Waals surface area contributed by atoms with Gasteiger partial charge in [-0.15, -0.1) is 0 Å². The molecule has 0 aliphatic rings. The molecule has 0 aliphatic heterocycles. The van der Waals surface area contributed by atoms with Crippen LogP contribution in [0, 0.1) is 5.82 Å². The van der Waals surface area contributed by atoms with E-state index in [-0.39, 0.29) is 10.5 Å². The largest absolute Gasteiger partial charge is 0.322 e. The first-order valence-corrected chi connectivity index (χ1v) is 10.5. The fourth-order valence-electron chi connectivity index (χ4n) is 2.50. The van der Waals surface area contributed by atoms with Gasteiger partial charge in [0.1, 0.15) is 5.82 Å². The molecule has 0 aromatic heterocycles. The first-order chi connectivity index (χ1) is 12.8. The van der Waals surface area contributed by atoms with Crippen LogP contribution in [-0.2, 0) is 10.0 Å². The van der Waals surface area contributed by atoms with Crippen molar-refractivity contribution in [3.8, 4) is 0 Å². The molecule has 1 N–H and O–H groups in total. The Kier molecular flexibility index (Phi) is 7.35. The highest BCUT2D eigenvalue weighted by atomic mass is 35.5. The molecule has 0 unspecified atom stereocenters. The van der Waals surface area contributed by atoms with Crippen molar-refractivity contribution in [3.05, 3.63) is 58.9 Å². The summed E-state index contributed by atoms with van der Waals surface area (Å²) in [6.45, 7) is 4.38. The number of hydrogen-bond acceptors (Lipinski definition) is 3. The Morgan fingerprint density at radius 1 is 1.15 bits per heavy atom. The Balaban J connectivity index is 2.31. The number of halogens is 2. The zero-order valence-corrected chi connectivity index (χ0v) is 16.8. The number of anilines is 1. The Labute approximate surface area is 164 Å². The molecule has 2 aromatic carbocycles. The van der Waals surface area contributed by atoms with Crippen LogP contribution in [0.3, 0.4) is 0 Å². The van der Waals surface area contributed by atoms with Gasteiger partial charge in [0.15, 0.2) is 0 Å². The van der Waals surface area contributed by atoms with E-state index < -0.39 is 21.7 Å². The topological polar surface area (TPSA) is 66.5 Å². The van der Waals surface area contributed by atoms with Gasteiger partial charge in [0, 0.05) is 23.8 Å². The van der Waals surface area contributed by atoms with Crippen molar-refractivity contribution in [2.45, 2.75) is 31.6 Å². The predicted octanol–water partition coefficient (Wildman–Crippen LogP) is 4.54. The molecule has 0 heterocycles. The molecule has 0 spiro atoms. The minimum atomic E-state index is -3.81. The number of amides is 1. The number of hydrogen-bond donors (Lipinski definition) is 1. The van der Waals surface area contributed by atoms with Crippen LogP contribution in [0.4, 0.5) is 10.1 Å². The van der Waals surface area contributed by atoms with Crippen LogP contribution in [0.15, 0.2) is 47.4 Å². The molecule has 146 valence electrons. The smallest absolute Gasteiger partial charge is 0.258 e. The van der Waals surface area contributed by atoms with Crippen molar-refractivity contribution in [3.63, 3.8) is 0 Å². The SMILES string of the molecule is CCCCN(CC)S(=O)(=O)c1ccc(F)c(C(=O)Nc2ccc(Cl)cc2)c1. The van der Waals surface area contributed by atoms with Gasteiger partial charge in [0.2, 0.25) is 10.0 Å². The van der Waals surface area contributed by atoms with E-state index in [1.54, 1.807) is 31.2 Å². The van der Waals surface area contributed by atoms with Crippen molar-refractivity contribution in [1.82, 2.24) is 4.31 Å². The van der Waals surface area contributed by atoms with Crippen LogP contribution in [0.25, 0.3) is 0 Å². The van der Waals surface area contributed by atoms with E-state index in [2.05, 4.69) is 5.32 Å². The summed E-state index contributed by atoms with van der Waals surface area (Å²) in [5.74, 6) is -1.53. The standard InChI is InChI=1S/C19H22ClFN2O3S/c1-3-5-12-23(4-2)27(25,26)16-10-11-18(21)17(13-16)19(24)22-15-8-6-14(20)7-9-15/h6-11,13H,3-5,12H2,1-2H3,(H,22,24). The number of carbonyl (C=O) groups is 1. The van der Waals surface area contributed by atoms with Gasteiger partial charge >= 0.3 is 0 Å². The molecule has 0 bridgehead atoms. The highest BCUT2D eigenvalue weighted by Crippen LogP contribution is 2.21. The fraction of sp³-hybridized carbons (Fsp3) is 0.316. The highest BCUT2D eigenvalue weighted by Gasteiger charge is 2.25. The van der Waals surface area contributed by atoms with E-state index in [0.717, 1.165) is 25.0 Å². The van der Waals surface area contributed by atoms with Gasteiger partial charge in [-0.1, -0.05) is 31.9 Å². The Bertz CT molecular complexity index is 902. The van der Waals surface area contributed by atoms with E-state index >= 15 is 0 Å².